The highest BCUT2D eigenvalue weighted by atomic mass is 32.2. The van der Waals surface area contributed by atoms with Gasteiger partial charge in [0.05, 0.1) is 13.3 Å². The molecule has 0 heterocycles. The van der Waals surface area contributed by atoms with Crippen molar-refractivity contribution < 1.29 is 47.9 Å². The molecule has 3 unspecified atom stereocenters. The fraction of sp³-hybridized carbons (Fsp3) is 0.926. The number of alkyl halides is 5. The summed E-state index contributed by atoms with van der Waals surface area (Å²) in [5, 5.41) is 0. The van der Waals surface area contributed by atoms with Crippen LogP contribution >= 0.6 is 0 Å². The summed E-state index contributed by atoms with van der Waals surface area (Å²) in [4.78, 5) is 0. The van der Waals surface area contributed by atoms with Gasteiger partial charge in [0, 0.05) is 6.54 Å². The van der Waals surface area contributed by atoms with Crippen molar-refractivity contribution in [3.05, 3.63) is 12.7 Å². The third-order valence-electron chi connectivity index (χ3n) is 5.83. The molecule has 0 aliphatic heterocycles. The van der Waals surface area contributed by atoms with Crippen molar-refractivity contribution in [2.75, 3.05) is 31.4 Å². The Balaban J connectivity index is -0.000000623. The predicted molar refractivity (Wildman–Crippen MR) is 157 cm³/mol. The molecule has 0 aliphatic carbocycles. The molecule has 0 amide bonds. The molecule has 7 nitrogen and oxygen atoms in total. The van der Waals surface area contributed by atoms with Crippen LogP contribution in [-0.2, 0) is 20.2 Å². The van der Waals surface area contributed by atoms with Crippen LogP contribution < -0.4 is 5.73 Å². The smallest absolute Gasteiger partial charge is 0.267 e. The summed E-state index contributed by atoms with van der Waals surface area (Å²) in [7, 11) is -8.65. The van der Waals surface area contributed by atoms with Gasteiger partial charge < -0.3 is 5.73 Å². The van der Waals surface area contributed by atoms with Crippen LogP contribution in [0, 0.1) is 0 Å². The first-order chi connectivity index (χ1) is 19.2. The molecule has 0 radical (unpaired) electrons. The molecule has 3 atom stereocenters. The van der Waals surface area contributed by atoms with Gasteiger partial charge in [0.2, 0.25) is 0 Å². The van der Waals surface area contributed by atoms with E-state index in [1.807, 2.05) is 0 Å². The summed E-state index contributed by atoms with van der Waals surface area (Å²) in [5.74, 6) is -1.98. The number of unbranched alkanes of at least 4 members (excludes halogenated alkanes) is 13. The third kappa shape index (κ3) is 43.8. The van der Waals surface area contributed by atoms with Crippen molar-refractivity contribution in [3.63, 3.8) is 0 Å². The molecule has 4 N–H and O–H groups in total. The molecule has 0 saturated heterocycles. The highest BCUT2D eigenvalue weighted by molar-refractivity contribution is 7.86. The van der Waals surface area contributed by atoms with E-state index in [9.17, 15) is 38.8 Å². The lowest BCUT2D eigenvalue weighted by Gasteiger charge is -2.11. The zero-order valence-corrected chi connectivity index (χ0v) is 26.0. The Morgan fingerprint density at radius 2 is 0.902 bits per heavy atom. The minimum atomic E-state index is -4.46. The van der Waals surface area contributed by atoms with Crippen LogP contribution in [-0.4, -0.2) is 75.9 Å². The van der Waals surface area contributed by atoms with E-state index < -0.39 is 50.3 Å². The van der Waals surface area contributed by atoms with Crippen LogP contribution in [0.25, 0.3) is 0 Å². The Morgan fingerprint density at radius 3 is 1.22 bits per heavy atom. The molecule has 0 rings (SSSR count). The lowest BCUT2D eigenvalue weighted by atomic mass is 10.1. The van der Waals surface area contributed by atoms with Gasteiger partial charge >= 0.3 is 0 Å². The quantitative estimate of drug-likeness (QED) is 0.0405. The molecule has 0 spiro atoms. The van der Waals surface area contributed by atoms with Crippen molar-refractivity contribution in [2.45, 2.75) is 128 Å². The number of rotatable bonds is 25. The highest BCUT2D eigenvalue weighted by Gasteiger charge is 2.25. The van der Waals surface area contributed by atoms with Gasteiger partial charge in [-0.15, -0.1) is 6.58 Å². The summed E-state index contributed by atoms with van der Waals surface area (Å²) in [5.41, 5.74) is 4.91. The van der Waals surface area contributed by atoms with E-state index in [2.05, 4.69) is 6.58 Å². The van der Waals surface area contributed by atoms with Crippen molar-refractivity contribution >= 4 is 20.2 Å². The molecule has 0 aromatic carbocycles. The summed E-state index contributed by atoms with van der Waals surface area (Å²) >= 11 is 0. The van der Waals surface area contributed by atoms with Crippen LogP contribution in [0.1, 0.15) is 109 Å². The zero-order chi connectivity index (χ0) is 32.0. The van der Waals surface area contributed by atoms with E-state index in [1.165, 1.54) is 0 Å². The average Bonchev–Trinajstić information content (AvgIpc) is 2.87. The van der Waals surface area contributed by atoms with E-state index in [0.29, 0.717) is 32.2 Å². The van der Waals surface area contributed by atoms with Crippen LogP contribution in [0.15, 0.2) is 12.7 Å². The Labute approximate surface area is 245 Å². The lowest BCUT2D eigenvalue weighted by Crippen LogP contribution is -2.26. The molecule has 0 aromatic heterocycles. The van der Waals surface area contributed by atoms with Gasteiger partial charge in [-0.25, -0.2) is 13.2 Å². The molecule has 250 valence electrons. The summed E-state index contributed by atoms with van der Waals surface area (Å²) in [6.45, 7) is 3.40. The largest absolute Gasteiger partial charge is 0.327 e. The van der Waals surface area contributed by atoms with Crippen LogP contribution in [0.4, 0.5) is 22.0 Å². The van der Waals surface area contributed by atoms with Crippen LogP contribution in [0.3, 0.4) is 0 Å². The van der Waals surface area contributed by atoms with Gasteiger partial charge in [-0.3, -0.25) is 17.9 Å². The van der Waals surface area contributed by atoms with Gasteiger partial charge in [0.25, 0.3) is 20.2 Å². The highest BCUT2D eigenvalue weighted by Crippen LogP contribution is 2.16. The fourth-order valence-corrected chi connectivity index (χ4v) is 4.87. The first kappa shape index (κ1) is 44.6. The zero-order valence-electron chi connectivity index (χ0n) is 24.4. The van der Waals surface area contributed by atoms with E-state index in [4.69, 9.17) is 14.8 Å². The lowest BCUT2D eigenvalue weighted by molar-refractivity contribution is 0.169. The second kappa shape index (κ2) is 30.6. The predicted octanol–water partition coefficient (Wildman–Crippen LogP) is 7.46. The van der Waals surface area contributed by atoms with E-state index in [0.717, 1.165) is 70.6 Å². The molecule has 0 saturated carbocycles. The molecule has 0 aliphatic rings. The molecule has 0 aromatic rings. The molecule has 14 heteroatoms. The standard InChI is InChI=1S/C12H23F3O3S.C12H24F2O3S.C3H7N/c13-9-7-5-3-1-2-4-6-8-11(14)12(15)10-19(16,17)18;13-10-8-6-4-2-1-3-5-7-9-12(14)11-18(15,16)17;1-2-3-4/h11-12H,1-10H2,(H,16,17,18);12H,1-11H2,(H,15,16,17);2H,1,3-4H2. The number of halogens is 5. The maximum absolute atomic E-state index is 13.2. The minimum absolute atomic E-state index is 0.0405. The Kier molecular flexibility index (Phi) is 33.3. The van der Waals surface area contributed by atoms with Crippen molar-refractivity contribution in [3.8, 4) is 0 Å². The first-order valence-corrected chi connectivity index (χ1v) is 17.7. The molecular formula is C27H54F5NO6S2. The normalized spacial score (nSPS) is 13.8. The van der Waals surface area contributed by atoms with Gasteiger partial charge in [-0.1, -0.05) is 89.5 Å². The maximum atomic E-state index is 13.2. The van der Waals surface area contributed by atoms with Crippen LogP contribution in [0.2, 0.25) is 0 Å². The summed E-state index contributed by atoms with van der Waals surface area (Å²) in [6.07, 6.45) is 8.97. The number of hydrogen-bond acceptors (Lipinski definition) is 5. The monoisotopic (exact) mass is 647 g/mol. The SMILES string of the molecule is C=CCN.O=S(=O)(O)CC(F)C(F)CCCCCCCCCF.O=S(=O)(O)CC(F)CCCCCCCCCCF. The molecular weight excluding hydrogens is 593 g/mol. The third-order valence-corrected chi connectivity index (χ3v) is 7.36. The van der Waals surface area contributed by atoms with Crippen molar-refractivity contribution in [1.82, 2.24) is 0 Å². The van der Waals surface area contributed by atoms with Gasteiger partial charge in [-0.05, 0) is 25.7 Å². The molecule has 0 fully saturated rings. The first-order valence-electron chi connectivity index (χ1n) is 14.5. The van der Waals surface area contributed by atoms with Crippen molar-refractivity contribution in [2.24, 2.45) is 5.73 Å². The summed E-state index contributed by atoms with van der Waals surface area (Å²) < 4.78 is 121. The summed E-state index contributed by atoms with van der Waals surface area (Å²) in [6, 6.07) is 0. The molecule has 41 heavy (non-hydrogen) atoms. The van der Waals surface area contributed by atoms with E-state index in [1.54, 1.807) is 6.08 Å². The second-order valence-corrected chi connectivity index (χ2v) is 12.9. The average molecular weight is 648 g/mol. The fourth-order valence-electron chi connectivity index (χ4n) is 3.64. The molecule has 0 bridgehead atoms. The Bertz CT molecular complexity index is 776. The van der Waals surface area contributed by atoms with Crippen LogP contribution in [0.5, 0.6) is 0 Å². The van der Waals surface area contributed by atoms with E-state index >= 15 is 0 Å². The minimum Gasteiger partial charge on any atom is -0.327 e. The van der Waals surface area contributed by atoms with E-state index in [-0.39, 0.29) is 26.2 Å². The van der Waals surface area contributed by atoms with Crippen molar-refractivity contribution in [1.29, 1.82) is 0 Å². The Hall–Kier alpha value is -0.830. The topological polar surface area (TPSA) is 135 Å². The van der Waals surface area contributed by atoms with Gasteiger partial charge in [-0.2, -0.15) is 16.8 Å². The van der Waals surface area contributed by atoms with Gasteiger partial charge in [0.15, 0.2) is 0 Å². The maximum Gasteiger partial charge on any atom is 0.267 e. The van der Waals surface area contributed by atoms with Gasteiger partial charge in [0.1, 0.15) is 30.0 Å². The number of nitrogens with two attached hydrogens (primary N) is 1. The Morgan fingerprint density at radius 1 is 0.585 bits per heavy atom. The second-order valence-electron chi connectivity index (χ2n) is 9.91. The number of hydrogen-bond donors (Lipinski definition) is 3.